The fraction of sp³-hybridized carbons (Fsp3) is 0.650. The minimum atomic E-state index is -1.11. The van der Waals surface area contributed by atoms with Gasteiger partial charge in [0.2, 0.25) is 0 Å². The van der Waals surface area contributed by atoms with E-state index in [1.807, 2.05) is 55.4 Å². The van der Waals surface area contributed by atoms with Crippen molar-refractivity contribution in [3.63, 3.8) is 0 Å². The monoisotopic (exact) mass is 379 g/mol. The van der Waals surface area contributed by atoms with Gasteiger partial charge in [-0.1, -0.05) is 39.8 Å². The highest BCUT2D eigenvalue weighted by atomic mass is 19.1. The molecule has 2 atom stereocenters. The van der Waals surface area contributed by atoms with Crippen LogP contribution in [0.1, 0.15) is 66.9 Å². The van der Waals surface area contributed by atoms with Crippen LogP contribution in [0.25, 0.3) is 0 Å². The first-order chi connectivity index (χ1) is 12.2. The van der Waals surface area contributed by atoms with Crippen LogP contribution >= 0.6 is 0 Å². The summed E-state index contributed by atoms with van der Waals surface area (Å²) in [5.41, 5.74) is -0.287. The Bertz CT molecular complexity index is 698. The summed E-state index contributed by atoms with van der Waals surface area (Å²) < 4.78 is 26.9. The predicted molar refractivity (Wildman–Crippen MR) is 105 cm³/mol. The molecule has 1 heterocycles. The number of hydrogen-bond acceptors (Lipinski definition) is 3. The van der Waals surface area contributed by atoms with Crippen molar-refractivity contribution in [3.05, 3.63) is 29.6 Å². The van der Waals surface area contributed by atoms with E-state index < -0.39 is 36.3 Å². The van der Waals surface area contributed by atoms with E-state index >= 15 is 0 Å². The van der Waals surface area contributed by atoms with Crippen molar-refractivity contribution < 1.29 is 23.6 Å². The molecule has 1 fully saturated rings. The maximum absolute atomic E-state index is 14.9. The molecule has 27 heavy (non-hydrogen) atoms. The topological polar surface area (TPSA) is 67.8 Å². The molecule has 1 aromatic carbocycles. The van der Waals surface area contributed by atoms with Crippen molar-refractivity contribution in [2.45, 2.75) is 78.6 Å². The standard InChI is InChI=1S/C20H31BFNO4/c1-12(16(18(2,3)4)23-17(24)25)14-10-9-13(11-15(14)22)21-26-19(5,6)20(7,8)27-21/h9-12,16,23H,1-8H3,(H,24,25). The number of carboxylic acid groups (broad SMARTS) is 1. The summed E-state index contributed by atoms with van der Waals surface area (Å²) >= 11 is 0. The van der Waals surface area contributed by atoms with Crippen LogP contribution in [0.4, 0.5) is 9.18 Å². The number of carbonyl (C=O) groups is 1. The Morgan fingerprint density at radius 2 is 1.70 bits per heavy atom. The van der Waals surface area contributed by atoms with Crippen LogP contribution in [-0.4, -0.2) is 35.6 Å². The molecule has 5 nitrogen and oxygen atoms in total. The van der Waals surface area contributed by atoms with Gasteiger partial charge < -0.3 is 19.7 Å². The molecule has 7 heteroatoms. The summed E-state index contributed by atoms with van der Waals surface area (Å²) in [7, 11) is -0.635. The zero-order valence-corrected chi connectivity index (χ0v) is 17.5. The lowest BCUT2D eigenvalue weighted by molar-refractivity contribution is 0.00578. The molecule has 0 radical (unpaired) electrons. The highest BCUT2D eigenvalue weighted by molar-refractivity contribution is 6.62. The van der Waals surface area contributed by atoms with Gasteiger partial charge in [0.15, 0.2) is 0 Å². The third-order valence-electron chi connectivity index (χ3n) is 5.75. The maximum atomic E-state index is 14.9. The number of hydrogen-bond donors (Lipinski definition) is 2. The SMILES string of the molecule is CC(c1ccc(B2OC(C)(C)C(C)(C)O2)cc1F)C(NC(=O)O)C(C)(C)C. The number of nitrogens with one attached hydrogen (secondary N) is 1. The third-order valence-corrected chi connectivity index (χ3v) is 5.75. The first kappa shape index (κ1) is 21.7. The van der Waals surface area contributed by atoms with E-state index in [1.54, 1.807) is 12.1 Å². The molecule has 2 N–H and O–H groups in total. The summed E-state index contributed by atoms with van der Waals surface area (Å²) in [6, 6.07) is 4.47. The van der Waals surface area contributed by atoms with Crippen LogP contribution in [0.15, 0.2) is 18.2 Å². The second kappa shape index (κ2) is 7.10. The first-order valence-electron chi connectivity index (χ1n) is 9.30. The van der Waals surface area contributed by atoms with Gasteiger partial charge >= 0.3 is 13.2 Å². The van der Waals surface area contributed by atoms with Gasteiger partial charge in [0, 0.05) is 12.0 Å². The van der Waals surface area contributed by atoms with Gasteiger partial charge in [-0.15, -0.1) is 0 Å². The van der Waals surface area contributed by atoms with Crippen molar-refractivity contribution in [2.24, 2.45) is 5.41 Å². The second-order valence-corrected chi connectivity index (χ2v) is 9.45. The molecule has 2 rings (SSSR count). The molecule has 1 aromatic rings. The maximum Gasteiger partial charge on any atom is 0.494 e. The highest BCUT2D eigenvalue weighted by Crippen LogP contribution is 2.37. The second-order valence-electron chi connectivity index (χ2n) is 9.45. The first-order valence-corrected chi connectivity index (χ1v) is 9.30. The van der Waals surface area contributed by atoms with Gasteiger partial charge in [-0.05, 0) is 50.2 Å². The van der Waals surface area contributed by atoms with Crippen LogP contribution < -0.4 is 10.8 Å². The number of amides is 1. The van der Waals surface area contributed by atoms with E-state index in [-0.39, 0.29) is 11.3 Å². The van der Waals surface area contributed by atoms with Crippen LogP contribution in [-0.2, 0) is 9.31 Å². The average Bonchev–Trinajstić information content (AvgIpc) is 2.71. The molecule has 2 unspecified atom stereocenters. The van der Waals surface area contributed by atoms with Gasteiger partial charge in [-0.25, -0.2) is 9.18 Å². The summed E-state index contributed by atoms with van der Waals surface area (Å²) in [6.45, 7) is 15.4. The minimum Gasteiger partial charge on any atom is -0.465 e. The molecule has 1 saturated heterocycles. The molecule has 0 saturated carbocycles. The quantitative estimate of drug-likeness (QED) is 0.779. The minimum absolute atomic E-state index is 0.339. The molecule has 0 aromatic heterocycles. The molecule has 0 bridgehead atoms. The smallest absolute Gasteiger partial charge is 0.465 e. The zero-order chi connectivity index (χ0) is 20.8. The van der Waals surface area contributed by atoms with Crippen LogP contribution in [0.3, 0.4) is 0 Å². The molecular formula is C20H31BFNO4. The third kappa shape index (κ3) is 4.46. The van der Waals surface area contributed by atoms with Crippen molar-refractivity contribution in [3.8, 4) is 0 Å². The molecule has 1 aliphatic rings. The molecular weight excluding hydrogens is 348 g/mol. The van der Waals surface area contributed by atoms with Gasteiger partial charge in [-0.3, -0.25) is 0 Å². The van der Waals surface area contributed by atoms with Gasteiger partial charge in [0.25, 0.3) is 0 Å². The van der Waals surface area contributed by atoms with Crippen molar-refractivity contribution >= 4 is 18.7 Å². The lowest BCUT2D eigenvalue weighted by Gasteiger charge is -2.35. The summed E-state index contributed by atoms with van der Waals surface area (Å²) in [4.78, 5) is 11.2. The summed E-state index contributed by atoms with van der Waals surface area (Å²) in [5.74, 6) is -0.732. The lowest BCUT2D eigenvalue weighted by Crippen LogP contribution is -2.46. The Hall–Kier alpha value is -1.60. The van der Waals surface area contributed by atoms with Crippen LogP contribution in [0.2, 0.25) is 0 Å². The number of benzene rings is 1. The number of rotatable bonds is 4. The summed E-state index contributed by atoms with van der Waals surface area (Å²) in [5, 5.41) is 11.7. The van der Waals surface area contributed by atoms with Crippen LogP contribution in [0, 0.1) is 11.2 Å². The van der Waals surface area contributed by atoms with Gasteiger partial charge in [0.1, 0.15) is 5.82 Å². The lowest BCUT2D eigenvalue weighted by atomic mass is 9.74. The average molecular weight is 379 g/mol. The Kier molecular flexibility index (Phi) is 5.70. The van der Waals surface area contributed by atoms with Crippen molar-refractivity contribution in [2.75, 3.05) is 0 Å². The van der Waals surface area contributed by atoms with E-state index in [9.17, 15) is 9.18 Å². The molecule has 1 amide bonds. The fourth-order valence-electron chi connectivity index (χ4n) is 3.44. The Balaban J connectivity index is 2.30. The Morgan fingerprint density at radius 3 is 2.11 bits per heavy atom. The molecule has 150 valence electrons. The number of halogens is 1. The zero-order valence-electron chi connectivity index (χ0n) is 17.5. The molecule has 1 aliphatic heterocycles. The molecule has 0 aliphatic carbocycles. The van der Waals surface area contributed by atoms with E-state index in [0.717, 1.165) is 0 Å². The van der Waals surface area contributed by atoms with Gasteiger partial charge in [0.05, 0.1) is 11.2 Å². The largest absolute Gasteiger partial charge is 0.494 e. The highest BCUT2D eigenvalue weighted by Gasteiger charge is 2.51. The normalized spacial score (nSPS) is 21.0. The molecule has 0 spiro atoms. The Morgan fingerprint density at radius 1 is 1.19 bits per heavy atom. The van der Waals surface area contributed by atoms with E-state index in [0.29, 0.717) is 11.0 Å². The fourth-order valence-corrected chi connectivity index (χ4v) is 3.44. The van der Waals surface area contributed by atoms with Crippen molar-refractivity contribution in [1.29, 1.82) is 0 Å². The van der Waals surface area contributed by atoms with E-state index in [4.69, 9.17) is 14.4 Å². The summed E-state index contributed by atoms with van der Waals surface area (Å²) in [6.07, 6.45) is -1.11. The van der Waals surface area contributed by atoms with Crippen LogP contribution in [0.5, 0.6) is 0 Å². The Labute approximate surface area is 161 Å². The van der Waals surface area contributed by atoms with Crippen molar-refractivity contribution in [1.82, 2.24) is 5.32 Å². The van der Waals surface area contributed by atoms with Gasteiger partial charge in [-0.2, -0.15) is 0 Å². The van der Waals surface area contributed by atoms with E-state index in [2.05, 4.69) is 5.32 Å². The van der Waals surface area contributed by atoms with E-state index in [1.165, 1.54) is 6.07 Å². The predicted octanol–water partition coefficient (Wildman–Crippen LogP) is 3.91.